The predicted octanol–water partition coefficient (Wildman–Crippen LogP) is 8.11. The molecule has 2 fully saturated rings. The first kappa shape index (κ1) is 35.9. The molecule has 2 saturated carbocycles. The van der Waals surface area contributed by atoms with E-state index in [-0.39, 0.29) is 35.4 Å². The van der Waals surface area contributed by atoms with Crippen molar-refractivity contribution < 1.29 is 19.4 Å². The number of rotatable bonds is 20. The maximum Gasteiger partial charge on any atom is 0.185 e. The molecule has 0 spiro atoms. The van der Waals surface area contributed by atoms with E-state index in [1.807, 2.05) is 12.1 Å². The molecular formula is C37H61N3O4. The van der Waals surface area contributed by atoms with Crippen molar-refractivity contribution in [2.75, 3.05) is 13.2 Å². The lowest BCUT2D eigenvalue weighted by molar-refractivity contribution is -0.114. The van der Waals surface area contributed by atoms with Gasteiger partial charge in [-0.25, -0.2) is 0 Å². The van der Waals surface area contributed by atoms with Crippen LogP contribution < -0.4 is 16.2 Å². The average molecular weight is 612 g/mol. The number of benzene rings is 1. The highest BCUT2D eigenvalue weighted by Crippen LogP contribution is 2.44. The summed E-state index contributed by atoms with van der Waals surface area (Å²) in [6.45, 7) is 7.86. The maximum atomic E-state index is 12.6. The van der Waals surface area contributed by atoms with Crippen molar-refractivity contribution >= 4 is 11.7 Å². The Morgan fingerprint density at radius 2 is 1.73 bits per heavy atom. The topological polar surface area (TPSA) is 120 Å². The first-order chi connectivity index (χ1) is 21.3. The fraction of sp³-hybridized carbons (Fsp3) is 0.730. The van der Waals surface area contributed by atoms with Gasteiger partial charge in [0, 0.05) is 18.5 Å². The van der Waals surface area contributed by atoms with Crippen molar-refractivity contribution in [3.8, 4) is 11.5 Å². The van der Waals surface area contributed by atoms with Gasteiger partial charge in [0.2, 0.25) is 0 Å². The normalized spacial score (nSPS) is 17.7. The van der Waals surface area contributed by atoms with E-state index in [2.05, 4.69) is 31.8 Å². The van der Waals surface area contributed by atoms with E-state index in [9.17, 15) is 9.90 Å². The first-order valence-corrected chi connectivity index (χ1v) is 17.7. The minimum atomic E-state index is 0.0891. The molecule has 0 amide bonds. The number of guanidine groups is 1. The third-order valence-corrected chi connectivity index (χ3v) is 9.33. The quantitative estimate of drug-likeness (QED) is 0.0593. The largest absolute Gasteiger partial charge is 0.504 e. The molecule has 0 radical (unpaired) electrons. The number of unbranched alkanes of at least 4 members (excludes halogenated alkanes) is 1. The number of phenolic OH excluding ortho intramolecular Hbond substituents is 1. The Morgan fingerprint density at radius 1 is 1.02 bits per heavy atom. The smallest absolute Gasteiger partial charge is 0.185 e. The standard InChI is InChI=1S/C37H61N3O4/c1-4-5-7-14-30(41)21-20-28-24-34(36(42)35(25-28)44-32-17-10-11-18-32)33(22-19-27(2)3)29(13-12-23-40-37(38)39)26-43-31-15-8-6-9-16-31/h7,14,24-25,27,29,31-33,42H,4-6,8-13,15-23,26H2,1-3H3,(H4,38,39,40)/t29-,33-/m1/s1. The van der Waals surface area contributed by atoms with Crippen LogP contribution in [0, 0.1) is 11.8 Å². The molecule has 2 atom stereocenters. The SMILES string of the molecule is CCCC=CC(=O)CCc1cc(OC2CCCC2)c(O)c([C@H](CCC(C)C)[C@H](CCCN=C(N)N)COC2CCCCC2)c1. The summed E-state index contributed by atoms with van der Waals surface area (Å²) in [7, 11) is 0. The van der Waals surface area contributed by atoms with Crippen molar-refractivity contribution in [1.29, 1.82) is 0 Å². The lowest BCUT2D eigenvalue weighted by atomic mass is 9.78. The van der Waals surface area contributed by atoms with Gasteiger partial charge in [-0.05, 0) is 106 Å². The average Bonchev–Trinajstić information content (AvgIpc) is 3.52. The van der Waals surface area contributed by atoms with E-state index in [1.165, 1.54) is 19.3 Å². The zero-order chi connectivity index (χ0) is 31.7. The van der Waals surface area contributed by atoms with Crippen LogP contribution in [0.4, 0.5) is 0 Å². The van der Waals surface area contributed by atoms with E-state index in [1.54, 1.807) is 6.08 Å². The first-order valence-electron chi connectivity index (χ1n) is 17.7. The number of nitrogens with zero attached hydrogens (tertiary/aromatic N) is 1. The van der Waals surface area contributed by atoms with Gasteiger partial charge in [0.25, 0.3) is 0 Å². The van der Waals surface area contributed by atoms with E-state index in [0.29, 0.717) is 43.8 Å². The summed E-state index contributed by atoms with van der Waals surface area (Å²) in [6, 6.07) is 4.13. The molecular weight excluding hydrogens is 550 g/mol. The number of phenols is 1. The molecule has 1 aromatic rings. The number of ether oxygens (including phenoxy) is 2. The summed E-state index contributed by atoms with van der Waals surface area (Å²) < 4.78 is 13.1. The Kier molecular flexibility index (Phi) is 16.1. The number of aliphatic imine (C=N–C) groups is 1. The van der Waals surface area contributed by atoms with Crippen LogP contribution in [0.15, 0.2) is 29.3 Å². The number of nitrogens with two attached hydrogens (primary N) is 2. The monoisotopic (exact) mass is 611 g/mol. The second-order valence-corrected chi connectivity index (χ2v) is 13.6. The molecule has 0 aromatic heterocycles. The summed E-state index contributed by atoms with van der Waals surface area (Å²) in [4.78, 5) is 16.9. The van der Waals surface area contributed by atoms with E-state index in [4.69, 9.17) is 20.9 Å². The Balaban J connectivity index is 1.95. The van der Waals surface area contributed by atoms with Gasteiger partial charge >= 0.3 is 0 Å². The molecule has 5 N–H and O–H groups in total. The number of aryl methyl sites for hydroxylation is 1. The summed E-state index contributed by atoms with van der Waals surface area (Å²) in [5.74, 6) is 1.91. The second kappa shape index (κ2) is 19.8. The minimum Gasteiger partial charge on any atom is -0.504 e. The number of carbonyl (C=O) groups is 1. The molecule has 0 saturated heterocycles. The predicted molar refractivity (Wildman–Crippen MR) is 181 cm³/mol. The van der Waals surface area contributed by atoms with Crippen LogP contribution in [0.1, 0.15) is 141 Å². The van der Waals surface area contributed by atoms with E-state index < -0.39 is 0 Å². The fourth-order valence-electron chi connectivity index (χ4n) is 6.74. The van der Waals surface area contributed by atoms with Crippen LogP contribution in [0.3, 0.4) is 0 Å². The molecule has 248 valence electrons. The van der Waals surface area contributed by atoms with Crippen LogP contribution in [0.5, 0.6) is 11.5 Å². The van der Waals surface area contributed by atoms with Crippen molar-refractivity contribution in [1.82, 2.24) is 0 Å². The molecule has 44 heavy (non-hydrogen) atoms. The molecule has 7 heteroatoms. The van der Waals surface area contributed by atoms with Gasteiger partial charge < -0.3 is 26.0 Å². The fourth-order valence-corrected chi connectivity index (χ4v) is 6.74. The lowest BCUT2D eigenvalue weighted by Gasteiger charge is -2.32. The van der Waals surface area contributed by atoms with Gasteiger partial charge in [-0.15, -0.1) is 0 Å². The van der Waals surface area contributed by atoms with Crippen LogP contribution in [0.2, 0.25) is 0 Å². The van der Waals surface area contributed by atoms with Crippen LogP contribution >= 0.6 is 0 Å². The molecule has 2 aliphatic rings. The van der Waals surface area contributed by atoms with Gasteiger partial charge in [0.05, 0.1) is 18.8 Å². The molecule has 7 nitrogen and oxygen atoms in total. The van der Waals surface area contributed by atoms with Gasteiger partial charge in [-0.3, -0.25) is 9.79 Å². The van der Waals surface area contributed by atoms with Crippen LogP contribution in [0.25, 0.3) is 0 Å². The van der Waals surface area contributed by atoms with E-state index in [0.717, 1.165) is 88.2 Å². The summed E-state index contributed by atoms with van der Waals surface area (Å²) >= 11 is 0. The Bertz CT molecular complexity index is 1040. The molecule has 0 aliphatic heterocycles. The number of allylic oxidation sites excluding steroid dienone is 2. The molecule has 2 aliphatic carbocycles. The van der Waals surface area contributed by atoms with Crippen molar-refractivity contribution in [2.24, 2.45) is 28.3 Å². The number of hydrogen-bond donors (Lipinski definition) is 3. The number of hydrogen-bond acceptors (Lipinski definition) is 5. The molecule has 0 bridgehead atoms. The number of carbonyl (C=O) groups excluding carboxylic acids is 1. The highest BCUT2D eigenvalue weighted by Gasteiger charge is 2.30. The number of ketones is 1. The third-order valence-electron chi connectivity index (χ3n) is 9.33. The third kappa shape index (κ3) is 12.8. The van der Waals surface area contributed by atoms with Gasteiger partial charge in [0.15, 0.2) is 23.2 Å². The Hall–Kier alpha value is -2.54. The molecule has 3 rings (SSSR count). The zero-order valence-corrected chi connectivity index (χ0v) is 27.9. The highest BCUT2D eigenvalue weighted by atomic mass is 16.5. The van der Waals surface area contributed by atoms with Crippen LogP contribution in [-0.2, 0) is 16.0 Å². The minimum absolute atomic E-state index is 0.0891. The zero-order valence-electron chi connectivity index (χ0n) is 27.9. The lowest BCUT2D eigenvalue weighted by Crippen LogP contribution is -2.26. The summed E-state index contributed by atoms with van der Waals surface area (Å²) in [6.07, 6.45) is 21.2. The van der Waals surface area contributed by atoms with Gasteiger partial charge in [0.1, 0.15) is 0 Å². The molecule has 0 unspecified atom stereocenters. The highest BCUT2D eigenvalue weighted by molar-refractivity contribution is 5.89. The molecule has 0 heterocycles. The summed E-state index contributed by atoms with van der Waals surface area (Å²) in [5.41, 5.74) is 13.2. The van der Waals surface area contributed by atoms with Gasteiger partial charge in [-0.1, -0.05) is 65.0 Å². The number of aromatic hydroxyl groups is 1. The summed E-state index contributed by atoms with van der Waals surface area (Å²) in [5, 5.41) is 11.8. The molecule has 1 aromatic carbocycles. The van der Waals surface area contributed by atoms with Crippen molar-refractivity contribution in [2.45, 2.75) is 148 Å². The van der Waals surface area contributed by atoms with Crippen molar-refractivity contribution in [3.05, 3.63) is 35.4 Å². The van der Waals surface area contributed by atoms with Crippen LogP contribution in [-0.4, -0.2) is 42.2 Å². The van der Waals surface area contributed by atoms with Crippen molar-refractivity contribution in [3.63, 3.8) is 0 Å². The van der Waals surface area contributed by atoms with E-state index >= 15 is 0 Å². The van der Waals surface area contributed by atoms with Gasteiger partial charge in [-0.2, -0.15) is 0 Å². The maximum absolute atomic E-state index is 12.6. The Morgan fingerprint density at radius 3 is 2.41 bits per heavy atom. The Labute approximate surface area is 267 Å². The second-order valence-electron chi connectivity index (χ2n) is 13.6.